The van der Waals surface area contributed by atoms with Gasteiger partial charge in [-0.15, -0.1) is 22.7 Å². The van der Waals surface area contributed by atoms with Crippen molar-refractivity contribution >= 4 is 34.1 Å². The molecule has 0 amide bonds. The average molecular weight is 421 g/mol. The number of ether oxygens (including phenoxy) is 1. The first kappa shape index (κ1) is 19.3. The molecule has 0 bridgehead atoms. The van der Waals surface area contributed by atoms with Gasteiger partial charge in [0.2, 0.25) is 4.80 Å². The molecule has 0 radical (unpaired) electrons. The highest BCUT2D eigenvalue weighted by atomic mass is 32.1. The lowest BCUT2D eigenvalue weighted by Gasteiger charge is -2.05. The van der Waals surface area contributed by atoms with E-state index in [4.69, 9.17) is 14.8 Å². The topological polar surface area (TPSA) is 51.8 Å². The molecule has 1 aromatic carbocycles. The molecule has 146 valence electrons. The zero-order chi connectivity index (χ0) is 20.1. The van der Waals surface area contributed by atoms with Crippen molar-refractivity contribution in [2.75, 3.05) is 6.61 Å². The van der Waals surface area contributed by atoms with E-state index in [0.717, 1.165) is 38.1 Å². The van der Waals surface area contributed by atoms with Crippen LogP contribution in [0.25, 0.3) is 10.6 Å². The Morgan fingerprint density at radius 2 is 1.86 bits per heavy atom. The third-order valence-corrected chi connectivity index (χ3v) is 5.89. The van der Waals surface area contributed by atoms with Crippen LogP contribution in [0.15, 0.2) is 81.8 Å². The molecule has 0 aliphatic heterocycles. The number of rotatable bonds is 6. The first-order valence-corrected chi connectivity index (χ1v) is 11.0. The van der Waals surface area contributed by atoms with Crippen LogP contribution < -0.4 is 9.54 Å². The van der Waals surface area contributed by atoms with E-state index in [0.29, 0.717) is 6.61 Å². The highest BCUT2D eigenvalue weighted by Crippen LogP contribution is 2.26. The average Bonchev–Trinajstić information content (AvgIpc) is 3.41. The molecule has 3 heterocycles. The number of benzene rings is 1. The Labute approximate surface area is 177 Å². The van der Waals surface area contributed by atoms with Gasteiger partial charge in [0.25, 0.3) is 0 Å². The normalized spacial score (nSPS) is 12.3. The molecule has 0 atom stereocenters. The summed E-state index contributed by atoms with van der Waals surface area (Å²) in [5, 5.41) is 9.06. The van der Waals surface area contributed by atoms with Crippen molar-refractivity contribution in [1.82, 2.24) is 9.66 Å². The maximum absolute atomic E-state index is 5.52. The van der Waals surface area contributed by atoms with Crippen LogP contribution in [0.2, 0.25) is 0 Å². The summed E-state index contributed by atoms with van der Waals surface area (Å²) in [6.07, 6.45) is 3.55. The standard InChI is InChI=1S/C22H20N4OS2/c1-3-27-19-8-6-18(7-9-19)24-22-26(20(15-29-22)21-5-4-14-28-21)25-16(2)17-10-12-23-13-11-17/h4-15H,3H2,1-2H3. The lowest BCUT2D eigenvalue weighted by molar-refractivity contribution is 0.340. The van der Waals surface area contributed by atoms with E-state index in [1.165, 1.54) is 0 Å². The predicted octanol–water partition coefficient (Wildman–Crippen LogP) is 5.58. The second kappa shape index (κ2) is 8.98. The second-order valence-corrected chi connectivity index (χ2v) is 7.94. The maximum atomic E-state index is 5.52. The second-order valence-electron chi connectivity index (χ2n) is 6.15. The first-order chi connectivity index (χ1) is 14.2. The molecule has 0 N–H and O–H groups in total. The van der Waals surface area contributed by atoms with Crippen molar-refractivity contribution < 1.29 is 4.74 Å². The monoisotopic (exact) mass is 420 g/mol. The van der Waals surface area contributed by atoms with Crippen LogP contribution in [-0.2, 0) is 0 Å². The van der Waals surface area contributed by atoms with Gasteiger partial charge in [0.05, 0.1) is 28.6 Å². The molecule has 4 aromatic rings. The number of thiophene rings is 1. The summed E-state index contributed by atoms with van der Waals surface area (Å²) >= 11 is 3.26. The lowest BCUT2D eigenvalue weighted by atomic mass is 10.2. The molecule has 29 heavy (non-hydrogen) atoms. The Bertz CT molecular complexity index is 1160. The Balaban J connectivity index is 1.80. The van der Waals surface area contributed by atoms with Crippen LogP contribution in [-0.4, -0.2) is 22.0 Å². The van der Waals surface area contributed by atoms with Crippen LogP contribution >= 0.6 is 22.7 Å². The summed E-state index contributed by atoms with van der Waals surface area (Å²) in [4.78, 5) is 10.9. The SMILES string of the molecule is CCOc1ccc(N=c2scc(-c3cccs3)n2N=C(C)c2ccncc2)cc1. The zero-order valence-corrected chi connectivity index (χ0v) is 17.8. The van der Waals surface area contributed by atoms with Gasteiger partial charge in [-0.1, -0.05) is 6.07 Å². The largest absolute Gasteiger partial charge is 0.494 e. The van der Waals surface area contributed by atoms with E-state index >= 15 is 0 Å². The Morgan fingerprint density at radius 1 is 1.07 bits per heavy atom. The predicted molar refractivity (Wildman–Crippen MR) is 120 cm³/mol. The first-order valence-electron chi connectivity index (χ1n) is 9.22. The minimum atomic E-state index is 0.647. The van der Waals surface area contributed by atoms with Crippen molar-refractivity contribution in [3.05, 3.63) is 82.0 Å². The highest BCUT2D eigenvalue weighted by Gasteiger charge is 2.10. The number of thiazole rings is 1. The van der Waals surface area contributed by atoms with E-state index in [1.54, 1.807) is 35.1 Å². The number of pyridine rings is 1. The maximum Gasteiger partial charge on any atom is 0.211 e. The third-order valence-electron chi connectivity index (χ3n) is 4.18. The van der Waals surface area contributed by atoms with Crippen LogP contribution in [0.4, 0.5) is 5.69 Å². The van der Waals surface area contributed by atoms with Gasteiger partial charge in [0.15, 0.2) is 0 Å². The van der Waals surface area contributed by atoms with Crippen LogP contribution in [0.1, 0.15) is 19.4 Å². The molecule has 0 unspecified atom stereocenters. The lowest BCUT2D eigenvalue weighted by Crippen LogP contribution is -2.13. The van der Waals surface area contributed by atoms with Gasteiger partial charge in [0, 0.05) is 23.3 Å². The van der Waals surface area contributed by atoms with Crippen molar-refractivity contribution in [1.29, 1.82) is 0 Å². The fourth-order valence-corrected chi connectivity index (χ4v) is 4.41. The van der Waals surface area contributed by atoms with E-state index in [9.17, 15) is 0 Å². The van der Waals surface area contributed by atoms with E-state index in [2.05, 4.69) is 21.8 Å². The molecular weight excluding hydrogens is 400 g/mol. The van der Waals surface area contributed by atoms with Gasteiger partial charge in [-0.3, -0.25) is 4.98 Å². The van der Waals surface area contributed by atoms with Gasteiger partial charge >= 0.3 is 0 Å². The number of hydrogen-bond acceptors (Lipinski definition) is 6. The molecule has 0 fully saturated rings. The Hall–Kier alpha value is -3.03. The summed E-state index contributed by atoms with van der Waals surface area (Å²) < 4.78 is 7.44. The van der Waals surface area contributed by atoms with Gasteiger partial charge in [0.1, 0.15) is 5.75 Å². The summed E-state index contributed by atoms with van der Waals surface area (Å²) in [5.74, 6) is 0.844. The highest BCUT2D eigenvalue weighted by molar-refractivity contribution is 7.14. The fraction of sp³-hybridized carbons (Fsp3) is 0.136. The molecule has 0 aliphatic carbocycles. The number of aromatic nitrogens is 2. The number of hydrogen-bond donors (Lipinski definition) is 0. The van der Waals surface area contributed by atoms with Crippen LogP contribution in [0.5, 0.6) is 5.75 Å². The molecule has 7 heteroatoms. The summed E-state index contributed by atoms with van der Waals surface area (Å²) in [5.41, 5.74) is 3.82. The third kappa shape index (κ3) is 4.52. The van der Waals surface area contributed by atoms with E-state index < -0.39 is 0 Å². The van der Waals surface area contributed by atoms with Crippen molar-refractivity contribution in [2.24, 2.45) is 10.1 Å². The number of nitrogens with zero attached hydrogens (tertiary/aromatic N) is 4. The molecule has 0 saturated carbocycles. The van der Waals surface area contributed by atoms with Crippen molar-refractivity contribution in [3.8, 4) is 16.3 Å². The van der Waals surface area contributed by atoms with E-state index in [1.807, 2.05) is 61.0 Å². The quantitative estimate of drug-likeness (QED) is 0.383. The molecule has 0 saturated heterocycles. The van der Waals surface area contributed by atoms with Gasteiger partial charge in [-0.05, 0) is 61.7 Å². The molecular formula is C22H20N4OS2. The minimum Gasteiger partial charge on any atom is -0.494 e. The Kier molecular flexibility index (Phi) is 5.97. The van der Waals surface area contributed by atoms with Gasteiger partial charge < -0.3 is 4.74 Å². The summed E-state index contributed by atoms with van der Waals surface area (Å²) in [6.45, 7) is 4.62. The van der Waals surface area contributed by atoms with Gasteiger partial charge in [-0.2, -0.15) is 5.10 Å². The minimum absolute atomic E-state index is 0.647. The van der Waals surface area contributed by atoms with Gasteiger partial charge in [-0.25, -0.2) is 9.67 Å². The molecule has 4 rings (SSSR count). The smallest absolute Gasteiger partial charge is 0.211 e. The van der Waals surface area contributed by atoms with Crippen LogP contribution in [0, 0.1) is 0 Å². The summed E-state index contributed by atoms with van der Waals surface area (Å²) in [7, 11) is 0. The van der Waals surface area contributed by atoms with Crippen molar-refractivity contribution in [3.63, 3.8) is 0 Å². The fourth-order valence-electron chi connectivity index (χ4n) is 2.76. The summed E-state index contributed by atoms with van der Waals surface area (Å²) in [6, 6.07) is 15.8. The zero-order valence-electron chi connectivity index (χ0n) is 16.1. The Morgan fingerprint density at radius 3 is 2.55 bits per heavy atom. The van der Waals surface area contributed by atoms with Crippen molar-refractivity contribution in [2.45, 2.75) is 13.8 Å². The van der Waals surface area contributed by atoms with E-state index in [-0.39, 0.29) is 0 Å². The molecule has 5 nitrogen and oxygen atoms in total. The molecule has 0 aliphatic rings. The molecule has 3 aromatic heterocycles. The molecule has 0 spiro atoms. The van der Waals surface area contributed by atoms with Crippen LogP contribution in [0.3, 0.4) is 0 Å².